The molecule has 0 aromatic carbocycles. The molecular weight excluding hydrogens is 152 g/mol. The molecular formula is C9H18N2O. The van der Waals surface area contributed by atoms with E-state index in [9.17, 15) is 4.79 Å². The van der Waals surface area contributed by atoms with Gasteiger partial charge in [0.05, 0.1) is 0 Å². The van der Waals surface area contributed by atoms with E-state index in [1.165, 1.54) is 19.3 Å². The van der Waals surface area contributed by atoms with E-state index in [0.29, 0.717) is 12.0 Å². The van der Waals surface area contributed by atoms with Crippen LogP contribution in [0.25, 0.3) is 0 Å². The zero-order valence-corrected chi connectivity index (χ0v) is 7.89. The van der Waals surface area contributed by atoms with Crippen LogP contribution in [0.3, 0.4) is 0 Å². The maximum atomic E-state index is 11.0. The summed E-state index contributed by atoms with van der Waals surface area (Å²) in [6.07, 6.45) is 4.85. The lowest BCUT2D eigenvalue weighted by atomic mass is 10.0. The number of carbonyl (C=O) groups is 1. The van der Waals surface area contributed by atoms with Gasteiger partial charge in [-0.25, -0.2) is 4.79 Å². The Morgan fingerprint density at radius 1 is 1.50 bits per heavy atom. The molecule has 1 rings (SSSR count). The molecule has 0 heterocycles. The van der Waals surface area contributed by atoms with Gasteiger partial charge in [-0.15, -0.1) is 0 Å². The van der Waals surface area contributed by atoms with Gasteiger partial charge in [-0.2, -0.15) is 0 Å². The number of hydrogen-bond acceptors (Lipinski definition) is 1. The fourth-order valence-electron chi connectivity index (χ4n) is 1.96. The Labute approximate surface area is 73.9 Å². The normalized spacial score (nSPS) is 28.5. The second kappa shape index (κ2) is 4.33. The first-order chi connectivity index (χ1) is 5.77. The first-order valence-electron chi connectivity index (χ1n) is 4.76. The van der Waals surface area contributed by atoms with Crippen molar-refractivity contribution in [1.29, 1.82) is 0 Å². The van der Waals surface area contributed by atoms with Gasteiger partial charge in [0.15, 0.2) is 0 Å². The molecule has 0 unspecified atom stereocenters. The Balaban J connectivity index is 2.35. The fraction of sp³-hybridized carbons (Fsp3) is 0.889. The van der Waals surface area contributed by atoms with Crippen LogP contribution in [0, 0.1) is 5.92 Å². The van der Waals surface area contributed by atoms with E-state index >= 15 is 0 Å². The lowest BCUT2D eigenvalue weighted by Crippen LogP contribution is -2.42. The molecule has 0 saturated heterocycles. The molecule has 3 nitrogen and oxygen atoms in total. The molecule has 1 fully saturated rings. The maximum absolute atomic E-state index is 11.0. The Bertz CT molecular complexity index is 159. The van der Waals surface area contributed by atoms with Gasteiger partial charge in [0.1, 0.15) is 0 Å². The van der Waals surface area contributed by atoms with Crippen LogP contribution in [0.4, 0.5) is 4.79 Å². The first kappa shape index (κ1) is 9.36. The minimum absolute atomic E-state index is 0.0413. The highest BCUT2D eigenvalue weighted by Gasteiger charge is 2.26. The first-order valence-corrected chi connectivity index (χ1v) is 4.76. The third-order valence-corrected chi connectivity index (χ3v) is 2.73. The van der Waals surface area contributed by atoms with Gasteiger partial charge < -0.3 is 10.6 Å². The molecule has 2 amide bonds. The molecule has 1 aliphatic carbocycles. The minimum Gasteiger partial charge on any atom is -0.341 e. The molecule has 0 bridgehead atoms. The molecule has 2 atom stereocenters. The average molecular weight is 170 g/mol. The third-order valence-electron chi connectivity index (χ3n) is 2.73. The summed E-state index contributed by atoms with van der Waals surface area (Å²) in [6.45, 7) is 2.19. The number of hydrogen-bond donors (Lipinski definition) is 2. The maximum Gasteiger partial charge on any atom is 0.314 e. The SMILES string of the molecule is CC[C@@H]1CCC[C@H]1NC(=O)NC. The van der Waals surface area contributed by atoms with Crippen molar-refractivity contribution in [2.24, 2.45) is 5.92 Å². The summed E-state index contributed by atoms with van der Waals surface area (Å²) < 4.78 is 0. The van der Waals surface area contributed by atoms with Gasteiger partial charge in [0.25, 0.3) is 0 Å². The van der Waals surface area contributed by atoms with Gasteiger partial charge in [-0.3, -0.25) is 0 Å². The summed E-state index contributed by atoms with van der Waals surface area (Å²) in [5, 5.41) is 5.57. The standard InChI is InChI=1S/C9H18N2O/c1-3-7-5-4-6-8(7)11-9(12)10-2/h7-8H,3-6H2,1-2H3,(H2,10,11,12)/t7-,8-/m1/s1. The van der Waals surface area contributed by atoms with Crippen molar-refractivity contribution in [3.05, 3.63) is 0 Å². The van der Waals surface area contributed by atoms with Crippen molar-refractivity contribution in [2.75, 3.05) is 7.05 Å². The molecule has 0 aliphatic heterocycles. The van der Waals surface area contributed by atoms with E-state index in [0.717, 1.165) is 6.42 Å². The van der Waals surface area contributed by atoms with Crippen molar-refractivity contribution >= 4 is 6.03 Å². The van der Waals surface area contributed by atoms with Crippen molar-refractivity contribution < 1.29 is 4.79 Å². The summed E-state index contributed by atoms with van der Waals surface area (Å²) in [7, 11) is 1.66. The molecule has 0 spiro atoms. The predicted octanol–water partition coefficient (Wildman–Crippen LogP) is 1.49. The number of urea groups is 1. The Kier molecular flexibility index (Phi) is 3.38. The van der Waals surface area contributed by atoms with E-state index in [4.69, 9.17) is 0 Å². The van der Waals surface area contributed by atoms with Crippen molar-refractivity contribution in [2.45, 2.75) is 38.6 Å². The fourth-order valence-corrected chi connectivity index (χ4v) is 1.96. The zero-order chi connectivity index (χ0) is 8.97. The van der Waals surface area contributed by atoms with Gasteiger partial charge in [-0.05, 0) is 18.8 Å². The van der Waals surface area contributed by atoms with Crippen LogP contribution in [-0.2, 0) is 0 Å². The lowest BCUT2D eigenvalue weighted by molar-refractivity contribution is 0.235. The van der Waals surface area contributed by atoms with Gasteiger partial charge >= 0.3 is 6.03 Å². The van der Waals surface area contributed by atoms with Crippen LogP contribution in [0.5, 0.6) is 0 Å². The summed E-state index contributed by atoms with van der Waals surface area (Å²) in [5.41, 5.74) is 0. The quantitative estimate of drug-likeness (QED) is 0.647. The predicted molar refractivity (Wildman–Crippen MR) is 49.0 cm³/mol. The largest absolute Gasteiger partial charge is 0.341 e. The topological polar surface area (TPSA) is 41.1 Å². The van der Waals surface area contributed by atoms with Crippen molar-refractivity contribution in [3.8, 4) is 0 Å². The highest BCUT2D eigenvalue weighted by Crippen LogP contribution is 2.27. The van der Waals surface area contributed by atoms with Gasteiger partial charge in [-0.1, -0.05) is 19.8 Å². The van der Waals surface area contributed by atoms with Crippen LogP contribution in [0.1, 0.15) is 32.6 Å². The van der Waals surface area contributed by atoms with Crippen LogP contribution >= 0.6 is 0 Å². The number of rotatable bonds is 2. The minimum atomic E-state index is -0.0413. The molecule has 0 radical (unpaired) electrons. The number of amides is 2. The molecule has 0 aromatic heterocycles. The van der Waals surface area contributed by atoms with Crippen LogP contribution in [-0.4, -0.2) is 19.1 Å². The van der Waals surface area contributed by atoms with E-state index in [-0.39, 0.29) is 6.03 Å². The highest BCUT2D eigenvalue weighted by atomic mass is 16.2. The molecule has 1 aliphatic rings. The van der Waals surface area contributed by atoms with Crippen molar-refractivity contribution in [3.63, 3.8) is 0 Å². The molecule has 1 saturated carbocycles. The molecule has 70 valence electrons. The Morgan fingerprint density at radius 3 is 2.83 bits per heavy atom. The second-order valence-electron chi connectivity index (χ2n) is 3.43. The van der Waals surface area contributed by atoms with E-state index in [2.05, 4.69) is 17.6 Å². The van der Waals surface area contributed by atoms with Gasteiger partial charge in [0.2, 0.25) is 0 Å². The Hall–Kier alpha value is -0.730. The summed E-state index contributed by atoms with van der Waals surface area (Å²) >= 11 is 0. The lowest BCUT2D eigenvalue weighted by Gasteiger charge is -2.18. The second-order valence-corrected chi connectivity index (χ2v) is 3.43. The van der Waals surface area contributed by atoms with Crippen LogP contribution in [0.15, 0.2) is 0 Å². The van der Waals surface area contributed by atoms with Crippen LogP contribution < -0.4 is 10.6 Å². The van der Waals surface area contributed by atoms with Gasteiger partial charge in [0, 0.05) is 13.1 Å². The van der Waals surface area contributed by atoms with Crippen molar-refractivity contribution in [1.82, 2.24) is 10.6 Å². The summed E-state index contributed by atoms with van der Waals surface area (Å²) in [4.78, 5) is 11.0. The zero-order valence-electron chi connectivity index (χ0n) is 7.89. The average Bonchev–Trinajstić information content (AvgIpc) is 2.51. The Morgan fingerprint density at radius 2 is 2.25 bits per heavy atom. The smallest absolute Gasteiger partial charge is 0.314 e. The van der Waals surface area contributed by atoms with E-state index in [1.54, 1.807) is 7.05 Å². The number of nitrogens with one attached hydrogen (secondary N) is 2. The molecule has 0 aromatic rings. The van der Waals surface area contributed by atoms with E-state index in [1.807, 2.05) is 0 Å². The molecule has 3 heteroatoms. The highest BCUT2D eigenvalue weighted by molar-refractivity contribution is 5.73. The van der Waals surface area contributed by atoms with E-state index < -0.39 is 0 Å². The number of carbonyl (C=O) groups excluding carboxylic acids is 1. The summed E-state index contributed by atoms with van der Waals surface area (Å²) in [5.74, 6) is 0.697. The molecule has 12 heavy (non-hydrogen) atoms. The molecule has 2 N–H and O–H groups in total. The third kappa shape index (κ3) is 2.13. The summed E-state index contributed by atoms with van der Waals surface area (Å²) in [6, 6.07) is 0.371. The monoisotopic (exact) mass is 170 g/mol. The van der Waals surface area contributed by atoms with Crippen LogP contribution in [0.2, 0.25) is 0 Å².